The summed E-state index contributed by atoms with van der Waals surface area (Å²) in [6.45, 7) is 6.86. The largest absolute Gasteiger partial charge is 0.416 e. The second kappa shape index (κ2) is 10.9. The van der Waals surface area contributed by atoms with Gasteiger partial charge >= 0.3 is 6.18 Å². The molecule has 1 amide bonds. The number of benzene rings is 2. The van der Waals surface area contributed by atoms with Gasteiger partial charge in [0, 0.05) is 50.3 Å². The molecule has 5 rings (SSSR count). The number of hydrogen-bond donors (Lipinski definition) is 1. The fourth-order valence-electron chi connectivity index (χ4n) is 4.74. The van der Waals surface area contributed by atoms with E-state index in [2.05, 4.69) is 32.0 Å². The van der Waals surface area contributed by atoms with Crippen LogP contribution in [0.2, 0.25) is 0 Å². The van der Waals surface area contributed by atoms with E-state index in [4.69, 9.17) is 0 Å². The number of pyridine rings is 1. The quantitative estimate of drug-likeness (QED) is 0.379. The van der Waals surface area contributed by atoms with E-state index in [1.807, 2.05) is 41.0 Å². The van der Waals surface area contributed by atoms with Gasteiger partial charge in [0.25, 0.3) is 0 Å². The van der Waals surface area contributed by atoms with Crippen molar-refractivity contribution in [2.24, 2.45) is 0 Å². The Morgan fingerprint density at radius 3 is 2.39 bits per heavy atom. The van der Waals surface area contributed by atoms with Crippen molar-refractivity contribution in [3.63, 3.8) is 0 Å². The average Bonchev–Trinajstić information content (AvgIpc) is 3.33. The van der Waals surface area contributed by atoms with Gasteiger partial charge in [-0.05, 0) is 60.1 Å². The highest BCUT2D eigenvalue weighted by atomic mass is 19.4. The van der Waals surface area contributed by atoms with Gasteiger partial charge in [0.15, 0.2) is 5.65 Å². The average molecular weight is 523 g/mol. The van der Waals surface area contributed by atoms with Crippen LogP contribution in [0.25, 0.3) is 16.9 Å². The van der Waals surface area contributed by atoms with Crippen molar-refractivity contribution in [3.8, 4) is 5.69 Å². The standard InChI is InChI=1S/C28H29F3N6O/c1-2-35-10-12-36(13-11-35)18-21-14-22(28(29,30)31)17-23(15-21)34-26(38)16-20-5-7-24(8-6-20)37-19-33-25-4-3-9-32-27(25)37/h3-9,14-15,17,19H,2,10-13,16,18H2,1H3,(H,34,38). The van der Waals surface area contributed by atoms with Crippen molar-refractivity contribution >= 4 is 22.8 Å². The van der Waals surface area contributed by atoms with Gasteiger partial charge in [-0.3, -0.25) is 14.3 Å². The molecule has 0 bridgehead atoms. The number of halogens is 3. The monoisotopic (exact) mass is 522 g/mol. The van der Waals surface area contributed by atoms with Crippen LogP contribution in [0, 0.1) is 0 Å². The summed E-state index contributed by atoms with van der Waals surface area (Å²) < 4.78 is 42.7. The SMILES string of the molecule is CCN1CCN(Cc2cc(NC(=O)Cc3ccc(-n4cnc5cccnc54)cc3)cc(C(F)(F)F)c2)CC1. The number of likely N-dealkylation sites (N-methyl/N-ethyl adjacent to an activating group) is 1. The Balaban J connectivity index is 1.27. The number of alkyl halides is 3. The summed E-state index contributed by atoms with van der Waals surface area (Å²) in [5, 5.41) is 2.67. The lowest BCUT2D eigenvalue weighted by Gasteiger charge is -2.34. The lowest BCUT2D eigenvalue weighted by atomic mass is 10.1. The van der Waals surface area contributed by atoms with Gasteiger partial charge < -0.3 is 10.2 Å². The number of nitrogens with zero attached hydrogens (tertiary/aromatic N) is 5. The van der Waals surface area contributed by atoms with E-state index in [9.17, 15) is 18.0 Å². The van der Waals surface area contributed by atoms with Crippen LogP contribution in [0.5, 0.6) is 0 Å². The van der Waals surface area contributed by atoms with E-state index in [1.165, 1.54) is 6.07 Å². The molecule has 38 heavy (non-hydrogen) atoms. The highest BCUT2D eigenvalue weighted by molar-refractivity contribution is 5.92. The minimum atomic E-state index is -4.50. The normalized spacial score (nSPS) is 15.2. The number of amides is 1. The molecule has 0 spiro atoms. The summed E-state index contributed by atoms with van der Waals surface area (Å²) in [5.74, 6) is -0.380. The van der Waals surface area contributed by atoms with E-state index >= 15 is 0 Å². The van der Waals surface area contributed by atoms with Crippen LogP contribution in [0.1, 0.15) is 23.6 Å². The van der Waals surface area contributed by atoms with Crippen molar-refractivity contribution < 1.29 is 18.0 Å². The molecule has 0 saturated carbocycles. The Hall–Kier alpha value is -3.76. The maximum Gasteiger partial charge on any atom is 0.416 e. The van der Waals surface area contributed by atoms with Crippen LogP contribution in [0.4, 0.5) is 18.9 Å². The van der Waals surface area contributed by atoms with E-state index in [0.717, 1.165) is 61.2 Å². The molecule has 0 aliphatic carbocycles. The molecule has 1 saturated heterocycles. The Kier molecular flexibility index (Phi) is 7.44. The molecule has 2 aromatic heterocycles. The van der Waals surface area contributed by atoms with Crippen LogP contribution in [0.15, 0.2) is 67.1 Å². The highest BCUT2D eigenvalue weighted by Crippen LogP contribution is 2.32. The first-order chi connectivity index (χ1) is 18.3. The Bertz CT molecular complexity index is 1410. The molecule has 2 aromatic carbocycles. The van der Waals surface area contributed by atoms with Gasteiger partial charge in [-0.25, -0.2) is 9.97 Å². The van der Waals surface area contributed by atoms with Crippen molar-refractivity contribution in [2.75, 3.05) is 38.0 Å². The van der Waals surface area contributed by atoms with Crippen molar-refractivity contribution in [1.82, 2.24) is 24.3 Å². The second-order valence-electron chi connectivity index (χ2n) is 9.48. The van der Waals surface area contributed by atoms with Crippen LogP contribution >= 0.6 is 0 Å². The molecule has 0 unspecified atom stereocenters. The summed E-state index contributed by atoms with van der Waals surface area (Å²) in [6.07, 6.45) is -1.08. The minimum absolute atomic E-state index is 0.0355. The molecule has 10 heteroatoms. The molecule has 7 nitrogen and oxygen atoms in total. The zero-order chi connectivity index (χ0) is 26.7. The topological polar surface area (TPSA) is 66.3 Å². The number of hydrogen-bond acceptors (Lipinski definition) is 5. The Labute approximate surface area is 218 Å². The van der Waals surface area contributed by atoms with Gasteiger partial charge in [0.1, 0.15) is 11.8 Å². The molecule has 1 N–H and O–H groups in total. The number of carbonyl (C=O) groups excluding carboxylic acids is 1. The molecule has 0 radical (unpaired) electrons. The van der Waals surface area contributed by atoms with Crippen molar-refractivity contribution in [3.05, 3.63) is 83.8 Å². The molecular formula is C28H29F3N6O. The zero-order valence-corrected chi connectivity index (χ0v) is 21.1. The second-order valence-corrected chi connectivity index (χ2v) is 9.48. The van der Waals surface area contributed by atoms with Gasteiger partial charge in [-0.1, -0.05) is 19.1 Å². The Morgan fingerprint density at radius 1 is 0.947 bits per heavy atom. The minimum Gasteiger partial charge on any atom is -0.326 e. The highest BCUT2D eigenvalue weighted by Gasteiger charge is 2.31. The molecule has 1 fully saturated rings. The van der Waals surface area contributed by atoms with Crippen LogP contribution in [0.3, 0.4) is 0 Å². The third-order valence-corrected chi connectivity index (χ3v) is 6.81. The van der Waals surface area contributed by atoms with Crippen molar-refractivity contribution in [1.29, 1.82) is 0 Å². The number of carbonyl (C=O) groups is 1. The lowest BCUT2D eigenvalue weighted by Crippen LogP contribution is -2.45. The smallest absolute Gasteiger partial charge is 0.326 e. The van der Waals surface area contributed by atoms with Crippen LogP contribution in [-0.4, -0.2) is 63.0 Å². The number of nitrogens with one attached hydrogen (secondary N) is 1. The summed E-state index contributed by atoms with van der Waals surface area (Å²) in [7, 11) is 0. The lowest BCUT2D eigenvalue weighted by molar-refractivity contribution is -0.137. The molecular weight excluding hydrogens is 493 g/mol. The summed E-state index contributed by atoms with van der Waals surface area (Å²) >= 11 is 0. The number of fused-ring (bicyclic) bond motifs is 1. The number of piperazine rings is 1. The number of imidazole rings is 1. The maximum absolute atomic E-state index is 13.6. The maximum atomic E-state index is 13.6. The first-order valence-electron chi connectivity index (χ1n) is 12.6. The predicted octanol–water partition coefficient (Wildman–Crippen LogP) is 4.76. The van der Waals surface area contributed by atoms with Crippen LogP contribution < -0.4 is 5.32 Å². The summed E-state index contributed by atoms with van der Waals surface area (Å²) in [4.78, 5) is 25.9. The first-order valence-corrected chi connectivity index (χ1v) is 12.6. The van der Waals surface area contributed by atoms with Gasteiger partial charge in [0.2, 0.25) is 5.91 Å². The van der Waals surface area contributed by atoms with Crippen LogP contribution in [-0.2, 0) is 23.9 Å². The molecule has 1 aliphatic rings. The van der Waals surface area contributed by atoms with E-state index in [0.29, 0.717) is 12.1 Å². The molecule has 1 aliphatic heterocycles. The fraction of sp³-hybridized carbons (Fsp3) is 0.321. The third-order valence-electron chi connectivity index (χ3n) is 6.81. The van der Waals surface area contributed by atoms with Gasteiger partial charge in [-0.2, -0.15) is 13.2 Å². The van der Waals surface area contributed by atoms with E-state index in [-0.39, 0.29) is 18.0 Å². The number of aromatic nitrogens is 3. The summed E-state index contributed by atoms with van der Waals surface area (Å²) in [5.41, 5.74) is 3.01. The van der Waals surface area contributed by atoms with Gasteiger partial charge in [-0.15, -0.1) is 0 Å². The number of rotatable bonds is 7. The van der Waals surface area contributed by atoms with E-state index < -0.39 is 11.7 Å². The number of anilines is 1. The fourth-order valence-corrected chi connectivity index (χ4v) is 4.74. The third kappa shape index (κ3) is 6.03. The molecule has 0 atom stereocenters. The first kappa shape index (κ1) is 25.9. The molecule has 3 heterocycles. The summed E-state index contributed by atoms with van der Waals surface area (Å²) in [6, 6.07) is 14.9. The van der Waals surface area contributed by atoms with Crippen molar-refractivity contribution in [2.45, 2.75) is 26.1 Å². The molecule has 4 aromatic rings. The zero-order valence-electron chi connectivity index (χ0n) is 21.1. The van der Waals surface area contributed by atoms with Gasteiger partial charge in [0.05, 0.1) is 12.0 Å². The molecule has 198 valence electrons. The van der Waals surface area contributed by atoms with E-state index in [1.54, 1.807) is 18.6 Å². The Morgan fingerprint density at radius 2 is 1.68 bits per heavy atom. The predicted molar refractivity (Wildman–Crippen MR) is 140 cm³/mol.